The lowest BCUT2D eigenvalue weighted by atomic mass is 10.0. The topological polar surface area (TPSA) is 61.9 Å². The second-order valence-electron chi connectivity index (χ2n) is 6.65. The number of H-pyrrole nitrogens is 1. The quantitative estimate of drug-likeness (QED) is 0.758. The van der Waals surface area contributed by atoms with E-state index in [1.54, 1.807) is 6.20 Å². The number of fused-ring (bicyclic) bond motifs is 1. The molecule has 0 unspecified atom stereocenters. The van der Waals surface area contributed by atoms with E-state index in [0.717, 1.165) is 30.6 Å². The van der Waals surface area contributed by atoms with Crippen LogP contribution >= 0.6 is 11.6 Å². The van der Waals surface area contributed by atoms with E-state index in [0.29, 0.717) is 27.9 Å². The van der Waals surface area contributed by atoms with Crippen molar-refractivity contribution in [1.29, 1.82) is 0 Å². The Morgan fingerprint density at radius 3 is 2.80 bits per heavy atom. The monoisotopic (exact) mass is 354 g/mol. The summed E-state index contributed by atoms with van der Waals surface area (Å²) in [6.07, 6.45) is 4.02. The fraction of sp³-hybridized carbons (Fsp3) is 0.316. The number of nitrogens with one attached hydrogen (secondary N) is 1. The zero-order chi connectivity index (χ0) is 17.4. The maximum absolute atomic E-state index is 12.8. The average molecular weight is 355 g/mol. The Morgan fingerprint density at radius 1 is 1.24 bits per heavy atom. The molecule has 1 aromatic carbocycles. The molecule has 3 heterocycles. The summed E-state index contributed by atoms with van der Waals surface area (Å²) in [7, 11) is 0. The lowest BCUT2D eigenvalue weighted by Crippen LogP contribution is -2.36. The number of hydrogen-bond donors (Lipinski definition) is 1. The molecule has 0 saturated carbocycles. The van der Waals surface area contributed by atoms with Gasteiger partial charge < -0.3 is 4.90 Å². The number of piperidine rings is 1. The van der Waals surface area contributed by atoms with Gasteiger partial charge in [0.2, 0.25) is 5.95 Å². The number of halogens is 1. The van der Waals surface area contributed by atoms with Gasteiger partial charge >= 0.3 is 0 Å². The molecule has 1 aliphatic heterocycles. The van der Waals surface area contributed by atoms with E-state index in [1.807, 2.05) is 30.3 Å². The van der Waals surface area contributed by atoms with Gasteiger partial charge in [0.1, 0.15) is 0 Å². The van der Waals surface area contributed by atoms with Crippen molar-refractivity contribution in [2.24, 2.45) is 5.92 Å². The first-order valence-corrected chi connectivity index (χ1v) is 8.89. The predicted octanol–water partition coefficient (Wildman–Crippen LogP) is 3.87. The number of anilines is 1. The van der Waals surface area contributed by atoms with Crippen LogP contribution in [0.5, 0.6) is 0 Å². The maximum atomic E-state index is 12.8. The van der Waals surface area contributed by atoms with Crippen LogP contribution in [0.25, 0.3) is 22.2 Å². The van der Waals surface area contributed by atoms with Gasteiger partial charge in [-0.2, -0.15) is 4.98 Å². The van der Waals surface area contributed by atoms with Crippen LogP contribution in [0.1, 0.15) is 19.8 Å². The molecule has 25 heavy (non-hydrogen) atoms. The molecule has 0 radical (unpaired) electrons. The summed E-state index contributed by atoms with van der Waals surface area (Å²) in [6, 6.07) is 9.27. The van der Waals surface area contributed by atoms with E-state index in [1.165, 1.54) is 6.42 Å². The average Bonchev–Trinajstić information content (AvgIpc) is 2.62. The van der Waals surface area contributed by atoms with E-state index in [2.05, 4.69) is 26.8 Å². The van der Waals surface area contributed by atoms with Gasteiger partial charge in [0.25, 0.3) is 5.56 Å². The molecule has 4 rings (SSSR count). The van der Waals surface area contributed by atoms with Crippen LogP contribution in [-0.2, 0) is 0 Å². The van der Waals surface area contributed by atoms with Gasteiger partial charge in [0.05, 0.1) is 5.39 Å². The van der Waals surface area contributed by atoms with Crippen molar-refractivity contribution < 1.29 is 0 Å². The minimum Gasteiger partial charge on any atom is -0.342 e. The minimum absolute atomic E-state index is 0.156. The van der Waals surface area contributed by atoms with E-state index in [4.69, 9.17) is 11.6 Å². The molecule has 2 aromatic heterocycles. The van der Waals surface area contributed by atoms with Crippen LogP contribution in [0, 0.1) is 5.92 Å². The van der Waals surface area contributed by atoms with Crippen molar-refractivity contribution in [2.45, 2.75) is 19.8 Å². The SMILES string of the molecule is C[C@H]1CCCN(c2nc3nccc(-c4ccc(Cl)cc4)c3c(=O)[nH]2)C1. The number of benzene rings is 1. The van der Waals surface area contributed by atoms with Crippen LogP contribution in [0.4, 0.5) is 5.95 Å². The van der Waals surface area contributed by atoms with Gasteiger partial charge in [-0.15, -0.1) is 0 Å². The Morgan fingerprint density at radius 2 is 2.04 bits per heavy atom. The molecule has 0 amide bonds. The molecule has 0 aliphatic carbocycles. The number of aromatic nitrogens is 3. The zero-order valence-electron chi connectivity index (χ0n) is 14.0. The summed E-state index contributed by atoms with van der Waals surface area (Å²) in [5.74, 6) is 1.22. The second kappa shape index (κ2) is 6.48. The number of aromatic amines is 1. The summed E-state index contributed by atoms with van der Waals surface area (Å²) in [5.41, 5.74) is 2.05. The van der Waals surface area contributed by atoms with Crippen LogP contribution in [0.15, 0.2) is 41.3 Å². The van der Waals surface area contributed by atoms with E-state index in [-0.39, 0.29) is 5.56 Å². The molecular formula is C19H19ClN4O. The van der Waals surface area contributed by atoms with Crippen molar-refractivity contribution in [1.82, 2.24) is 15.0 Å². The zero-order valence-corrected chi connectivity index (χ0v) is 14.8. The molecule has 3 aromatic rings. The number of nitrogens with zero attached hydrogens (tertiary/aromatic N) is 3. The van der Waals surface area contributed by atoms with Crippen molar-refractivity contribution in [3.63, 3.8) is 0 Å². The van der Waals surface area contributed by atoms with Crippen LogP contribution in [0.3, 0.4) is 0 Å². The Balaban J connectivity index is 1.83. The van der Waals surface area contributed by atoms with Crippen molar-refractivity contribution in [2.75, 3.05) is 18.0 Å². The normalized spacial score (nSPS) is 17.8. The van der Waals surface area contributed by atoms with E-state index >= 15 is 0 Å². The Hall–Kier alpha value is -2.40. The lowest BCUT2D eigenvalue weighted by Gasteiger charge is -2.31. The molecular weight excluding hydrogens is 336 g/mol. The summed E-state index contributed by atoms with van der Waals surface area (Å²) in [4.78, 5) is 26.9. The van der Waals surface area contributed by atoms with Crippen LogP contribution < -0.4 is 10.5 Å². The van der Waals surface area contributed by atoms with Crippen molar-refractivity contribution in [3.05, 3.63) is 51.9 Å². The summed E-state index contributed by atoms with van der Waals surface area (Å²) in [5, 5.41) is 1.18. The highest BCUT2D eigenvalue weighted by Gasteiger charge is 2.20. The Bertz CT molecular complexity index is 967. The molecule has 0 spiro atoms. The van der Waals surface area contributed by atoms with E-state index in [9.17, 15) is 4.79 Å². The van der Waals surface area contributed by atoms with Gasteiger partial charge in [-0.1, -0.05) is 30.7 Å². The van der Waals surface area contributed by atoms with Gasteiger partial charge in [-0.05, 0) is 48.1 Å². The molecule has 128 valence electrons. The highest BCUT2D eigenvalue weighted by atomic mass is 35.5. The van der Waals surface area contributed by atoms with Crippen LogP contribution in [0.2, 0.25) is 5.02 Å². The summed E-state index contributed by atoms with van der Waals surface area (Å²) >= 11 is 5.97. The fourth-order valence-electron chi connectivity index (χ4n) is 3.45. The summed E-state index contributed by atoms with van der Waals surface area (Å²) < 4.78 is 0. The molecule has 1 fully saturated rings. The third kappa shape index (κ3) is 3.12. The number of pyridine rings is 1. The third-order valence-electron chi connectivity index (χ3n) is 4.71. The lowest BCUT2D eigenvalue weighted by molar-refractivity contribution is 0.442. The Kier molecular flexibility index (Phi) is 4.17. The predicted molar refractivity (Wildman–Crippen MR) is 101 cm³/mol. The maximum Gasteiger partial charge on any atom is 0.262 e. The number of rotatable bonds is 2. The molecule has 5 nitrogen and oxygen atoms in total. The standard InChI is InChI=1S/C19H19ClN4O/c1-12-3-2-10-24(11-12)19-22-17-16(18(25)23-19)15(8-9-21-17)13-4-6-14(20)7-5-13/h4-9,12H,2-3,10-11H2,1H3,(H,21,22,23,25)/t12-/m0/s1. The molecule has 1 N–H and O–H groups in total. The highest BCUT2D eigenvalue weighted by molar-refractivity contribution is 6.30. The first-order chi connectivity index (χ1) is 12.1. The van der Waals surface area contributed by atoms with Gasteiger partial charge in [-0.25, -0.2) is 4.98 Å². The van der Waals surface area contributed by atoms with Crippen molar-refractivity contribution >= 4 is 28.6 Å². The molecule has 1 saturated heterocycles. The minimum atomic E-state index is -0.156. The largest absolute Gasteiger partial charge is 0.342 e. The summed E-state index contributed by atoms with van der Waals surface area (Å²) in [6.45, 7) is 4.04. The van der Waals surface area contributed by atoms with Gasteiger partial charge in [0.15, 0.2) is 5.65 Å². The van der Waals surface area contributed by atoms with Crippen molar-refractivity contribution in [3.8, 4) is 11.1 Å². The van der Waals surface area contributed by atoms with Gasteiger partial charge in [0, 0.05) is 24.3 Å². The molecule has 0 bridgehead atoms. The number of hydrogen-bond acceptors (Lipinski definition) is 4. The van der Waals surface area contributed by atoms with E-state index < -0.39 is 0 Å². The van der Waals surface area contributed by atoms with Crippen LogP contribution in [-0.4, -0.2) is 28.0 Å². The molecule has 6 heteroatoms. The molecule has 1 atom stereocenters. The second-order valence-corrected chi connectivity index (χ2v) is 7.08. The van der Waals surface area contributed by atoms with Gasteiger partial charge in [-0.3, -0.25) is 9.78 Å². The first kappa shape index (κ1) is 16.1. The highest BCUT2D eigenvalue weighted by Crippen LogP contribution is 2.27. The smallest absolute Gasteiger partial charge is 0.262 e. The third-order valence-corrected chi connectivity index (χ3v) is 4.96. The molecule has 1 aliphatic rings. The fourth-order valence-corrected chi connectivity index (χ4v) is 3.58. The first-order valence-electron chi connectivity index (χ1n) is 8.52. The Labute approximate surface area is 150 Å².